The molecular weight excluding hydrogens is 453 g/mol. The molecule has 0 radical (unpaired) electrons. The lowest BCUT2D eigenvalue weighted by molar-refractivity contribution is 0.365. The lowest BCUT2D eigenvalue weighted by Crippen LogP contribution is -2.52. The lowest BCUT2D eigenvalue weighted by Gasteiger charge is -2.37. The molecule has 0 saturated carbocycles. The third-order valence-electron chi connectivity index (χ3n) is 4.64. The number of halogens is 1. The summed E-state index contributed by atoms with van der Waals surface area (Å²) in [5.41, 5.74) is 3.59. The minimum absolute atomic E-state index is 0. The summed E-state index contributed by atoms with van der Waals surface area (Å²) in [5.74, 6) is 1.77. The normalized spacial score (nSPS) is 14.9. The molecule has 0 unspecified atom stereocenters. The molecule has 7 heteroatoms. The maximum absolute atomic E-state index is 5.35. The lowest BCUT2D eigenvalue weighted by atomic mass is 10.2. The minimum atomic E-state index is 0. The monoisotopic (exact) mass is 483 g/mol. The quantitative estimate of drug-likeness (QED) is 0.401. The molecule has 1 aromatic heterocycles. The van der Waals surface area contributed by atoms with Gasteiger partial charge in [-0.1, -0.05) is 24.2 Å². The summed E-state index contributed by atoms with van der Waals surface area (Å²) in [6.45, 7) is 11.6. The average molecular weight is 483 g/mol. The van der Waals surface area contributed by atoms with Crippen molar-refractivity contribution in [3.8, 4) is 0 Å². The van der Waals surface area contributed by atoms with Gasteiger partial charge in [-0.05, 0) is 38.0 Å². The highest BCUT2D eigenvalue weighted by Gasteiger charge is 2.20. The number of benzene rings is 1. The van der Waals surface area contributed by atoms with Crippen molar-refractivity contribution in [2.45, 2.75) is 33.7 Å². The topological polar surface area (TPSA) is 56.9 Å². The summed E-state index contributed by atoms with van der Waals surface area (Å²) in [5, 5.41) is 7.44. The van der Waals surface area contributed by atoms with Crippen LogP contribution in [-0.4, -0.2) is 48.7 Å². The first-order valence-corrected chi connectivity index (χ1v) is 9.49. The van der Waals surface area contributed by atoms with E-state index in [1.165, 1.54) is 11.3 Å². The molecule has 1 saturated heterocycles. The molecule has 0 atom stereocenters. The number of nitrogens with one attached hydrogen (secondary N) is 1. The van der Waals surface area contributed by atoms with Gasteiger partial charge in [0.25, 0.3) is 0 Å². The molecule has 27 heavy (non-hydrogen) atoms. The van der Waals surface area contributed by atoms with E-state index in [9.17, 15) is 0 Å². The predicted molar refractivity (Wildman–Crippen MR) is 121 cm³/mol. The number of anilines is 1. The summed E-state index contributed by atoms with van der Waals surface area (Å²) in [6, 6.07) is 10.7. The predicted octanol–water partition coefficient (Wildman–Crippen LogP) is 3.45. The van der Waals surface area contributed by atoms with E-state index in [-0.39, 0.29) is 24.0 Å². The van der Waals surface area contributed by atoms with Gasteiger partial charge in [0, 0.05) is 44.5 Å². The van der Waals surface area contributed by atoms with E-state index >= 15 is 0 Å². The SMILES string of the molecule is CCNC(=NCc1cc(CC)no1)N1CCN(c2cccc(C)c2)CC1.I. The van der Waals surface area contributed by atoms with Crippen molar-refractivity contribution < 1.29 is 4.52 Å². The Bertz CT molecular complexity index is 737. The van der Waals surface area contributed by atoms with Crippen LogP contribution in [0.4, 0.5) is 5.69 Å². The maximum atomic E-state index is 5.35. The van der Waals surface area contributed by atoms with Gasteiger partial charge < -0.3 is 19.6 Å². The molecule has 1 fully saturated rings. The summed E-state index contributed by atoms with van der Waals surface area (Å²) < 4.78 is 5.35. The Kier molecular flexibility index (Phi) is 8.40. The fourth-order valence-electron chi connectivity index (χ4n) is 3.18. The van der Waals surface area contributed by atoms with Crippen molar-refractivity contribution in [3.05, 3.63) is 47.3 Å². The minimum Gasteiger partial charge on any atom is -0.368 e. The molecular formula is C20H30IN5O. The van der Waals surface area contributed by atoms with Crippen molar-refractivity contribution >= 4 is 35.6 Å². The Morgan fingerprint density at radius 1 is 1.19 bits per heavy atom. The van der Waals surface area contributed by atoms with Crippen molar-refractivity contribution in [2.75, 3.05) is 37.6 Å². The molecule has 2 aromatic rings. The number of aromatic nitrogens is 1. The van der Waals surface area contributed by atoms with Crippen LogP contribution in [0.1, 0.15) is 30.9 Å². The smallest absolute Gasteiger partial charge is 0.194 e. The van der Waals surface area contributed by atoms with E-state index < -0.39 is 0 Å². The number of hydrogen-bond donors (Lipinski definition) is 1. The summed E-state index contributed by atoms with van der Waals surface area (Å²) >= 11 is 0. The van der Waals surface area contributed by atoms with Crippen LogP contribution >= 0.6 is 24.0 Å². The number of hydrogen-bond acceptors (Lipinski definition) is 4. The molecule has 1 aromatic carbocycles. The molecule has 0 aliphatic carbocycles. The van der Waals surface area contributed by atoms with Crippen molar-refractivity contribution in [2.24, 2.45) is 4.99 Å². The van der Waals surface area contributed by atoms with E-state index in [1.807, 2.05) is 6.07 Å². The highest BCUT2D eigenvalue weighted by Crippen LogP contribution is 2.18. The number of piperazine rings is 1. The third-order valence-corrected chi connectivity index (χ3v) is 4.64. The number of aryl methyl sites for hydroxylation is 2. The Labute approximate surface area is 179 Å². The van der Waals surface area contributed by atoms with Crippen LogP contribution in [0.3, 0.4) is 0 Å². The second-order valence-electron chi connectivity index (χ2n) is 6.62. The van der Waals surface area contributed by atoms with Crippen LogP contribution in [-0.2, 0) is 13.0 Å². The Morgan fingerprint density at radius 3 is 2.59 bits per heavy atom. The Hall–Kier alpha value is -1.77. The van der Waals surface area contributed by atoms with Crippen LogP contribution < -0.4 is 10.2 Å². The molecule has 1 N–H and O–H groups in total. The van der Waals surface area contributed by atoms with E-state index in [0.29, 0.717) is 6.54 Å². The third kappa shape index (κ3) is 5.85. The molecule has 148 valence electrons. The largest absolute Gasteiger partial charge is 0.368 e. The molecule has 6 nitrogen and oxygen atoms in total. The van der Waals surface area contributed by atoms with Gasteiger partial charge in [0.15, 0.2) is 11.7 Å². The van der Waals surface area contributed by atoms with Gasteiger partial charge >= 0.3 is 0 Å². The van der Waals surface area contributed by atoms with E-state index in [0.717, 1.165) is 56.6 Å². The van der Waals surface area contributed by atoms with Gasteiger partial charge in [-0.3, -0.25) is 0 Å². The van der Waals surface area contributed by atoms with Gasteiger partial charge in [-0.25, -0.2) is 4.99 Å². The van der Waals surface area contributed by atoms with Crippen LogP contribution in [0.25, 0.3) is 0 Å². The summed E-state index contributed by atoms with van der Waals surface area (Å²) in [7, 11) is 0. The second kappa shape index (κ2) is 10.5. The first kappa shape index (κ1) is 21.5. The molecule has 1 aliphatic rings. The zero-order chi connectivity index (χ0) is 18.4. The standard InChI is InChI=1S/C20H29N5O.HI/c1-4-17-14-19(26-23-17)15-22-20(21-5-2)25-11-9-24(10-12-25)18-8-6-7-16(3)13-18;/h6-8,13-14H,4-5,9-12,15H2,1-3H3,(H,21,22);1H. The number of nitrogens with zero attached hydrogens (tertiary/aromatic N) is 4. The van der Waals surface area contributed by atoms with Crippen LogP contribution in [0.5, 0.6) is 0 Å². The zero-order valence-electron chi connectivity index (χ0n) is 16.4. The molecule has 1 aliphatic heterocycles. The summed E-state index contributed by atoms with van der Waals surface area (Å²) in [4.78, 5) is 9.51. The fourth-order valence-corrected chi connectivity index (χ4v) is 3.18. The number of aliphatic imine (C=N–C) groups is 1. The zero-order valence-corrected chi connectivity index (χ0v) is 18.8. The van der Waals surface area contributed by atoms with Gasteiger partial charge in [0.05, 0.1) is 5.69 Å². The van der Waals surface area contributed by atoms with E-state index in [1.54, 1.807) is 0 Å². The van der Waals surface area contributed by atoms with Gasteiger partial charge in [0.2, 0.25) is 0 Å². The van der Waals surface area contributed by atoms with E-state index in [2.05, 4.69) is 65.3 Å². The molecule has 2 heterocycles. The van der Waals surface area contributed by atoms with Crippen LogP contribution in [0.2, 0.25) is 0 Å². The Morgan fingerprint density at radius 2 is 1.96 bits per heavy atom. The van der Waals surface area contributed by atoms with Crippen LogP contribution in [0, 0.1) is 6.92 Å². The van der Waals surface area contributed by atoms with Crippen molar-refractivity contribution in [3.63, 3.8) is 0 Å². The summed E-state index contributed by atoms with van der Waals surface area (Å²) in [6.07, 6.45) is 0.883. The number of rotatable bonds is 5. The van der Waals surface area contributed by atoms with Gasteiger partial charge in [0.1, 0.15) is 6.54 Å². The maximum Gasteiger partial charge on any atom is 0.194 e. The molecule has 0 amide bonds. The highest BCUT2D eigenvalue weighted by molar-refractivity contribution is 14.0. The van der Waals surface area contributed by atoms with Gasteiger partial charge in [-0.2, -0.15) is 0 Å². The van der Waals surface area contributed by atoms with Gasteiger partial charge in [-0.15, -0.1) is 24.0 Å². The number of guanidine groups is 1. The fraction of sp³-hybridized carbons (Fsp3) is 0.500. The van der Waals surface area contributed by atoms with Crippen molar-refractivity contribution in [1.29, 1.82) is 0 Å². The first-order chi connectivity index (χ1) is 12.7. The van der Waals surface area contributed by atoms with Crippen molar-refractivity contribution in [1.82, 2.24) is 15.4 Å². The highest BCUT2D eigenvalue weighted by atomic mass is 127. The van der Waals surface area contributed by atoms with E-state index in [4.69, 9.17) is 9.52 Å². The molecule has 3 rings (SSSR count). The first-order valence-electron chi connectivity index (χ1n) is 9.49. The molecule has 0 bridgehead atoms. The average Bonchev–Trinajstić information content (AvgIpc) is 3.13. The van der Waals surface area contributed by atoms with Crippen LogP contribution in [0.15, 0.2) is 39.8 Å². The Balaban J connectivity index is 0.00000261. The second-order valence-corrected chi connectivity index (χ2v) is 6.62. The molecule has 0 spiro atoms.